The predicted molar refractivity (Wildman–Crippen MR) is 60.4 cm³/mol. The maximum Gasteiger partial charge on any atom is 0.0213 e. The van der Waals surface area contributed by atoms with E-state index in [2.05, 4.69) is 11.3 Å². The fourth-order valence-electron chi connectivity index (χ4n) is 2.37. The van der Waals surface area contributed by atoms with Gasteiger partial charge in [0.05, 0.1) is 0 Å². The molecule has 2 nitrogen and oxygen atoms in total. The van der Waals surface area contributed by atoms with Crippen molar-refractivity contribution in [2.24, 2.45) is 11.8 Å². The van der Waals surface area contributed by atoms with Crippen molar-refractivity contribution < 1.29 is 0 Å². The number of terminal acetylenes is 1. The first-order valence-electron chi connectivity index (χ1n) is 5.76. The van der Waals surface area contributed by atoms with E-state index in [0.717, 1.165) is 25.2 Å². The number of unbranched alkanes of at least 4 members (excludes halogenated alkanes) is 1. The summed E-state index contributed by atoms with van der Waals surface area (Å²) in [5.74, 6) is 9.11. The van der Waals surface area contributed by atoms with Crippen LogP contribution < -0.4 is 11.3 Å². The van der Waals surface area contributed by atoms with Crippen molar-refractivity contribution >= 4 is 0 Å². The van der Waals surface area contributed by atoms with Gasteiger partial charge < -0.3 is 0 Å². The number of hydrazine groups is 1. The third-order valence-corrected chi connectivity index (χ3v) is 3.20. The Morgan fingerprint density at radius 1 is 1.43 bits per heavy atom. The number of nitrogens with two attached hydrogens (primary N) is 1. The molecule has 1 saturated carbocycles. The summed E-state index contributed by atoms with van der Waals surface area (Å²) in [6.45, 7) is 0. The first-order valence-corrected chi connectivity index (χ1v) is 5.76. The van der Waals surface area contributed by atoms with Crippen LogP contribution in [-0.4, -0.2) is 6.04 Å². The topological polar surface area (TPSA) is 38.0 Å². The van der Waals surface area contributed by atoms with Crippen LogP contribution >= 0.6 is 0 Å². The van der Waals surface area contributed by atoms with E-state index in [0.29, 0.717) is 6.04 Å². The molecular formula is C12H22N2. The van der Waals surface area contributed by atoms with Crippen LogP contribution in [0.2, 0.25) is 0 Å². The van der Waals surface area contributed by atoms with Gasteiger partial charge in [-0.1, -0.05) is 25.7 Å². The molecule has 0 spiro atoms. The number of hydrogen-bond donors (Lipinski definition) is 2. The second kappa shape index (κ2) is 6.86. The van der Waals surface area contributed by atoms with Crippen molar-refractivity contribution in [3.63, 3.8) is 0 Å². The van der Waals surface area contributed by atoms with Crippen LogP contribution in [0.4, 0.5) is 0 Å². The zero-order valence-electron chi connectivity index (χ0n) is 8.97. The highest BCUT2D eigenvalue weighted by molar-refractivity contribution is 4.84. The average molecular weight is 194 g/mol. The molecular weight excluding hydrogens is 172 g/mol. The predicted octanol–water partition coefficient (Wildman–Crippen LogP) is 2.20. The molecule has 1 fully saturated rings. The lowest BCUT2D eigenvalue weighted by Gasteiger charge is -2.19. The summed E-state index contributed by atoms with van der Waals surface area (Å²) < 4.78 is 0. The minimum atomic E-state index is 0.478. The van der Waals surface area contributed by atoms with Crippen LogP contribution in [0.25, 0.3) is 0 Å². The van der Waals surface area contributed by atoms with Crippen LogP contribution in [0.15, 0.2) is 0 Å². The van der Waals surface area contributed by atoms with Crippen LogP contribution in [-0.2, 0) is 0 Å². The Labute approximate surface area is 87.6 Å². The van der Waals surface area contributed by atoms with Crippen LogP contribution in [0, 0.1) is 18.3 Å². The molecule has 0 aromatic heterocycles. The highest BCUT2D eigenvalue weighted by atomic mass is 15.2. The van der Waals surface area contributed by atoms with Crippen molar-refractivity contribution in [2.45, 2.75) is 57.4 Å². The maximum atomic E-state index is 5.53. The molecule has 0 aromatic rings. The molecule has 0 heterocycles. The first-order chi connectivity index (χ1) is 6.86. The van der Waals surface area contributed by atoms with E-state index in [1.54, 1.807) is 0 Å². The monoisotopic (exact) mass is 194 g/mol. The fourth-order valence-corrected chi connectivity index (χ4v) is 2.37. The standard InChI is InChI=1S/C12H22N2/c1-2-3-4-9-12(14-13)10-11-7-5-6-8-11/h1,11-12,14H,3-10,13H2. The lowest BCUT2D eigenvalue weighted by atomic mass is 9.95. The number of nitrogens with one attached hydrogen (secondary N) is 1. The molecule has 14 heavy (non-hydrogen) atoms. The molecule has 2 heteroatoms. The largest absolute Gasteiger partial charge is 0.271 e. The minimum Gasteiger partial charge on any atom is -0.271 e. The third-order valence-electron chi connectivity index (χ3n) is 3.20. The molecule has 1 aliphatic rings. The van der Waals surface area contributed by atoms with Crippen molar-refractivity contribution in [3.8, 4) is 12.3 Å². The van der Waals surface area contributed by atoms with E-state index < -0.39 is 0 Å². The summed E-state index contributed by atoms with van der Waals surface area (Å²) in [6.07, 6.45) is 15.2. The quantitative estimate of drug-likeness (QED) is 0.294. The SMILES string of the molecule is C#CCCCC(CC1CCCC1)NN. The van der Waals surface area contributed by atoms with Crippen LogP contribution in [0.3, 0.4) is 0 Å². The number of rotatable bonds is 6. The molecule has 1 aliphatic carbocycles. The van der Waals surface area contributed by atoms with Gasteiger partial charge in [-0.25, -0.2) is 0 Å². The molecule has 0 aromatic carbocycles. The van der Waals surface area contributed by atoms with Crippen LogP contribution in [0.5, 0.6) is 0 Å². The van der Waals surface area contributed by atoms with Gasteiger partial charge in [-0.15, -0.1) is 12.3 Å². The van der Waals surface area contributed by atoms with E-state index in [-0.39, 0.29) is 0 Å². The zero-order valence-corrected chi connectivity index (χ0v) is 8.97. The van der Waals surface area contributed by atoms with Gasteiger partial charge in [0.25, 0.3) is 0 Å². The highest BCUT2D eigenvalue weighted by Gasteiger charge is 2.18. The molecule has 1 atom stereocenters. The summed E-state index contributed by atoms with van der Waals surface area (Å²) in [5.41, 5.74) is 2.92. The van der Waals surface area contributed by atoms with E-state index in [9.17, 15) is 0 Å². The van der Waals surface area contributed by atoms with Gasteiger partial charge in [0, 0.05) is 12.5 Å². The summed E-state index contributed by atoms with van der Waals surface area (Å²) in [7, 11) is 0. The molecule has 3 N–H and O–H groups in total. The van der Waals surface area contributed by atoms with Crippen LogP contribution in [0.1, 0.15) is 51.4 Å². The van der Waals surface area contributed by atoms with Crippen molar-refractivity contribution in [3.05, 3.63) is 0 Å². The van der Waals surface area contributed by atoms with Gasteiger partial charge in [-0.3, -0.25) is 11.3 Å². The number of hydrogen-bond acceptors (Lipinski definition) is 2. The molecule has 1 unspecified atom stereocenters. The lowest BCUT2D eigenvalue weighted by molar-refractivity contribution is 0.370. The van der Waals surface area contributed by atoms with Gasteiger partial charge in [-0.2, -0.15) is 0 Å². The van der Waals surface area contributed by atoms with Crippen molar-refractivity contribution in [1.82, 2.24) is 5.43 Å². The minimum absolute atomic E-state index is 0.478. The third kappa shape index (κ3) is 4.13. The average Bonchev–Trinajstić information content (AvgIpc) is 2.69. The zero-order chi connectivity index (χ0) is 10.2. The van der Waals surface area contributed by atoms with Gasteiger partial charge in [0.1, 0.15) is 0 Å². The van der Waals surface area contributed by atoms with Gasteiger partial charge >= 0.3 is 0 Å². The Balaban J connectivity index is 2.13. The normalized spacial score (nSPS) is 19.4. The molecule has 80 valence electrons. The van der Waals surface area contributed by atoms with E-state index in [1.165, 1.54) is 32.1 Å². The molecule has 0 bridgehead atoms. The Hall–Kier alpha value is -0.520. The molecule has 1 rings (SSSR count). The van der Waals surface area contributed by atoms with E-state index in [1.807, 2.05) is 0 Å². The highest BCUT2D eigenvalue weighted by Crippen LogP contribution is 2.29. The summed E-state index contributed by atoms with van der Waals surface area (Å²) >= 11 is 0. The van der Waals surface area contributed by atoms with Crippen molar-refractivity contribution in [2.75, 3.05) is 0 Å². The fraction of sp³-hybridized carbons (Fsp3) is 0.833. The second-order valence-electron chi connectivity index (χ2n) is 4.35. The molecule has 0 amide bonds. The van der Waals surface area contributed by atoms with E-state index >= 15 is 0 Å². The molecule has 0 aliphatic heterocycles. The van der Waals surface area contributed by atoms with Gasteiger partial charge in [0.15, 0.2) is 0 Å². The second-order valence-corrected chi connectivity index (χ2v) is 4.35. The van der Waals surface area contributed by atoms with Gasteiger partial charge in [-0.05, 0) is 25.2 Å². The van der Waals surface area contributed by atoms with E-state index in [4.69, 9.17) is 12.3 Å². The Morgan fingerprint density at radius 3 is 2.71 bits per heavy atom. The maximum absolute atomic E-state index is 5.53. The Bertz CT molecular complexity index is 177. The molecule has 0 radical (unpaired) electrons. The van der Waals surface area contributed by atoms with Crippen molar-refractivity contribution in [1.29, 1.82) is 0 Å². The lowest BCUT2D eigenvalue weighted by Crippen LogP contribution is -2.36. The summed E-state index contributed by atoms with van der Waals surface area (Å²) in [5, 5.41) is 0. The smallest absolute Gasteiger partial charge is 0.0213 e. The Kier molecular flexibility index (Phi) is 5.66. The summed E-state index contributed by atoms with van der Waals surface area (Å²) in [6, 6.07) is 0.478. The Morgan fingerprint density at radius 2 is 2.14 bits per heavy atom. The molecule has 0 saturated heterocycles. The summed E-state index contributed by atoms with van der Waals surface area (Å²) in [4.78, 5) is 0. The first kappa shape index (κ1) is 11.6. The van der Waals surface area contributed by atoms with Gasteiger partial charge in [0.2, 0.25) is 0 Å².